The fraction of sp³-hybridized carbons (Fsp3) is 0.700. The van der Waals surface area contributed by atoms with Gasteiger partial charge in [-0.25, -0.2) is 9.68 Å². The minimum Gasteiger partial charge on any atom is -0.466 e. The normalized spacial score (nSPS) is 43.7. The molecular weight excluding hydrogens is 200 g/mol. The van der Waals surface area contributed by atoms with Crippen molar-refractivity contribution in [1.82, 2.24) is 0 Å². The Morgan fingerprint density at radius 1 is 1.47 bits per heavy atom. The van der Waals surface area contributed by atoms with Crippen LogP contribution in [0.1, 0.15) is 20.8 Å². The fourth-order valence-electron chi connectivity index (χ4n) is 1.73. The Morgan fingerprint density at radius 2 is 2.13 bits per heavy atom. The predicted molar refractivity (Wildman–Crippen MR) is 49.6 cm³/mol. The van der Waals surface area contributed by atoms with Gasteiger partial charge in [-0.1, -0.05) is 0 Å². The van der Waals surface area contributed by atoms with E-state index < -0.39 is 17.4 Å². The van der Waals surface area contributed by atoms with E-state index in [0.717, 1.165) is 0 Å². The number of ether oxygens (including phenoxy) is 2. The molecule has 3 atom stereocenters. The molecule has 3 heterocycles. The Kier molecular flexibility index (Phi) is 2.15. The maximum atomic E-state index is 11.5. The van der Waals surface area contributed by atoms with Crippen LogP contribution in [0, 0.1) is 0 Å². The first-order valence-electron chi connectivity index (χ1n) is 4.77. The molecule has 84 valence electrons. The summed E-state index contributed by atoms with van der Waals surface area (Å²) in [6.07, 6.45) is 1.53. The molecule has 0 amide bonds. The number of methoxy groups -OCH3 is 1. The summed E-state index contributed by atoms with van der Waals surface area (Å²) in [5.74, 6) is -1.62. The second kappa shape index (κ2) is 3.04. The lowest BCUT2D eigenvalue weighted by Gasteiger charge is -2.49. The van der Waals surface area contributed by atoms with Crippen LogP contribution in [-0.2, 0) is 24.0 Å². The number of hydrogen-bond acceptors (Lipinski definition) is 5. The summed E-state index contributed by atoms with van der Waals surface area (Å²) in [7, 11) is 1.32. The molecule has 0 unspecified atom stereocenters. The second-order valence-electron chi connectivity index (χ2n) is 4.11. The van der Waals surface area contributed by atoms with Gasteiger partial charge in [-0.05, 0) is 26.8 Å². The van der Waals surface area contributed by atoms with Crippen LogP contribution in [0.25, 0.3) is 0 Å². The minimum atomic E-state index is -1.16. The molecule has 0 aliphatic carbocycles. The Bertz CT molecular complexity index is 337. The molecule has 15 heavy (non-hydrogen) atoms. The maximum Gasteiger partial charge on any atom is 0.339 e. The van der Waals surface area contributed by atoms with Crippen LogP contribution < -0.4 is 0 Å². The third-order valence-corrected chi connectivity index (χ3v) is 2.91. The van der Waals surface area contributed by atoms with Crippen molar-refractivity contribution in [3.05, 3.63) is 11.6 Å². The molecule has 2 bridgehead atoms. The molecule has 0 aromatic rings. The third kappa shape index (κ3) is 1.39. The number of hydrogen-bond donors (Lipinski definition) is 0. The maximum absolute atomic E-state index is 11.5. The number of carbonyl (C=O) groups excluding carboxylic acids is 1. The van der Waals surface area contributed by atoms with Gasteiger partial charge in [0.2, 0.25) is 5.79 Å². The molecule has 0 aromatic carbocycles. The number of fused-ring (bicyclic) bond motifs is 2. The van der Waals surface area contributed by atoms with Gasteiger partial charge in [0.25, 0.3) is 0 Å². The van der Waals surface area contributed by atoms with E-state index in [1.807, 2.05) is 6.92 Å². The summed E-state index contributed by atoms with van der Waals surface area (Å²) in [5, 5.41) is 0. The van der Waals surface area contributed by atoms with E-state index in [1.165, 1.54) is 7.11 Å². The molecule has 0 saturated carbocycles. The summed E-state index contributed by atoms with van der Waals surface area (Å²) in [6, 6.07) is 0. The first-order chi connectivity index (χ1) is 6.91. The highest BCUT2D eigenvalue weighted by Crippen LogP contribution is 2.43. The van der Waals surface area contributed by atoms with Crippen LogP contribution in [0.5, 0.6) is 0 Å². The van der Waals surface area contributed by atoms with Crippen LogP contribution in [-0.4, -0.2) is 30.6 Å². The van der Waals surface area contributed by atoms with E-state index in [0.29, 0.717) is 5.57 Å². The summed E-state index contributed by atoms with van der Waals surface area (Å²) in [6.45, 7) is 5.29. The lowest BCUT2D eigenvalue weighted by Crippen LogP contribution is -2.60. The number of rotatable bonds is 1. The lowest BCUT2D eigenvalue weighted by atomic mass is 9.89. The molecule has 3 aliphatic heterocycles. The largest absolute Gasteiger partial charge is 0.466 e. The standard InChI is InChI=1S/C10H14O5/c1-6-9(2)5-7(8(11)12-4)10(3,13-6)15-14-9/h5-6H,1-4H3/t6-,9+,10-/m0/s1. The monoisotopic (exact) mass is 214 g/mol. The molecule has 0 radical (unpaired) electrons. The third-order valence-electron chi connectivity index (χ3n) is 2.91. The van der Waals surface area contributed by atoms with Gasteiger partial charge >= 0.3 is 5.97 Å². The van der Waals surface area contributed by atoms with Gasteiger partial charge in [-0.3, -0.25) is 0 Å². The highest BCUT2D eigenvalue weighted by Gasteiger charge is 2.55. The summed E-state index contributed by atoms with van der Waals surface area (Å²) in [5.41, 5.74) is -0.391. The molecule has 1 saturated heterocycles. The molecule has 5 heteroatoms. The van der Waals surface area contributed by atoms with Gasteiger partial charge < -0.3 is 9.47 Å². The van der Waals surface area contributed by atoms with Crippen molar-refractivity contribution in [1.29, 1.82) is 0 Å². The molecule has 0 spiro atoms. The lowest BCUT2D eigenvalue weighted by molar-refractivity contribution is -0.508. The SMILES string of the molecule is COC(=O)C1=C[C@@]2(C)OO[C@]1(C)O[C@H]2C. The molecule has 0 N–H and O–H groups in total. The Labute approximate surface area is 87.9 Å². The van der Waals surface area contributed by atoms with Crippen LogP contribution in [0.2, 0.25) is 0 Å². The molecule has 3 rings (SSSR count). The van der Waals surface area contributed by atoms with Crippen LogP contribution in [0.4, 0.5) is 0 Å². The summed E-state index contributed by atoms with van der Waals surface area (Å²) >= 11 is 0. The van der Waals surface area contributed by atoms with Crippen molar-refractivity contribution in [2.24, 2.45) is 0 Å². The van der Waals surface area contributed by atoms with Crippen molar-refractivity contribution < 1.29 is 24.0 Å². The zero-order valence-electron chi connectivity index (χ0n) is 9.20. The van der Waals surface area contributed by atoms with E-state index in [4.69, 9.17) is 14.5 Å². The van der Waals surface area contributed by atoms with Gasteiger partial charge in [-0.15, -0.1) is 0 Å². The smallest absolute Gasteiger partial charge is 0.339 e. The predicted octanol–water partition coefficient (Wildman–Crippen LogP) is 0.941. The van der Waals surface area contributed by atoms with E-state index >= 15 is 0 Å². The Morgan fingerprint density at radius 3 is 2.67 bits per heavy atom. The summed E-state index contributed by atoms with van der Waals surface area (Å²) in [4.78, 5) is 21.8. The quantitative estimate of drug-likeness (QED) is 0.480. The first-order valence-corrected chi connectivity index (χ1v) is 4.77. The van der Waals surface area contributed by atoms with Crippen molar-refractivity contribution in [3.63, 3.8) is 0 Å². The Balaban J connectivity index is 2.44. The van der Waals surface area contributed by atoms with Crippen molar-refractivity contribution in [2.75, 3.05) is 7.11 Å². The van der Waals surface area contributed by atoms with E-state index in [9.17, 15) is 4.79 Å². The first kappa shape index (κ1) is 10.6. The topological polar surface area (TPSA) is 54.0 Å². The van der Waals surface area contributed by atoms with Gasteiger partial charge in [0, 0.05) is 0 Å². The molecular formula is C10H14O5. The number of esters is 1. The van der Waals surface area contributed by atoms with E-state index in [2.05, 4.69) is 4.74 Å². The molecule has 3 aliphatic rings. The zero-order chi connectivity index (χ0) is 11.3. The van der Waals surface area contributed by atoms with E-state index in [1.54, 1.807) is 19.9 Å². The Hall–Kier alpha value is -0.910. The molecule has 1 fully saturated rings. The van der Waals surface area contributed by atoms with E-state index in [-0.39, 0.29) is 6.10 Å². The zero-order valence-corrected chi connectivity index (χ0v) is 9.20. The van der Waals surface area contributed by atoms with Crippen molar-refractivity contribution >= 4 is 5.97 Å². The van der Waals surface area contributed by atoms with Crippen LogP contribution >= 0.6 is 0 Å². The fourth-order valence-corrected chi connectivity index (χ4v) is 1.73. The average Bonchev–Trinajstić information content (AvgIpc) is 2.19. The van der Waals surface area contributed by atoms with Crippen LogP contribution in [0.3, 0.4) is 0 Å². The highest BCUT2D eigenvalue weighted by molar-refractivity contribution is 5.90. The number of carbonyl (C=O) groups is 1. The molecule has 5 nitrogen and oxygen atoms in total. The van der Waals surface area contributed by atoms with Gasteiger partial charge in [-0.2, -0.15) is 4.89 Å². The average molecular weight is 214 g/mol. The van der Waals surface area contributed by atoms with Crippen molar-refractivity contribution in [2.45, 2.75) is 38.3 Å². The summed E-state index contributed by atoms with van der Waals surface area (Å²) < 4.78 is 10.3. The minimum absolute atomic E-state index is 0.176. The van der Waals surface area contributed by atoms with Gasteiger partial charge in [0.15, 0.2) is 0 Å². The second-order valence-corrected chi connectivity index (χ2v) is 4.11. The molecule has 0 aromatic heterocycles. The van der Waals surface area contributed by atoms with Crippen molar-refractivity contribution in [3.8, 4) is 0 Å². The van der Waals surface area contributed by atoms with Gasteiger partial charge in [0.05, 0.1) is 18.8 Å². The highest BCUT2D eigenvalue weighted by atomic mass is 17.3. The van der Waals surface area contributed by atoms with Crippen LogP contribution in [0.15, 0.2) is 11.6 Å². The van der Waals surface area contributed by atoms with Gasteiger partial charge in [0.1, 0.15) is 5.60 Å².